The van der Waals surface area contributed by atoms with Gasteiger partial charge in [0.15, 0.2) is 0 Å². The van der Waals surface area contributed by atoms with Crippen molar-refractivity contribution in [1.82, 2.24) is 5.01 Å². The summed E-state index contributed by atoms with van der Waals surface area (Å²) < 4.78 is 0. The Labute approximate surface area is 113 Å². The van der Waals surface area contributed by atoms with Crippen molar-refractivity contribution in [2.75, 3.05) is 6.54 Å². The first kappa shape index (κ1) is 17.0. The molecular formula is C15H31N3. The zero-order chi connectivity index (χ0) is 14.0. The second-order valence-corrected chi connectivity index (χ2v) is 5.74. The molecule has 0 saturated carbocycles. The normalized spacial score (nSPS) is 12.2. The smallest absolute Gasteiger partial charge is 0.0522 e. The molecule has 0 spiro atoms. The molecular weight excluding hydrogens is 222 g/mol. The summed E-state index contributed by atoms with van der Waals surface area (Å²) in [6.45, 7) is 13.6. The lowest BCUT2D eigenvalue weighted by molar-refractivity contribution is 0.329. The van der Waals surface area contributed by atoms with E-state index in [0.29, 0.717) is 5.92 Å². The van der Waals surface area contributed by atoms with Crippen LogP contribution in [0.25, 0.3) is 0 Å². The Balaban J connectivity index is 4.07. The molecule has 0 radical (unpaired) electrons. The molecule has 0 aromatic rings. The molecule has 0 saturated heterocycles. The number of unbranched alkanes of at least 4 members (excludes halogenated alkanes) is 1. The first-order chi connectivity index (χ1) is 8.51. The lowest BCUT2D eigenvalue weighted by Gasteiger charge is -2.22. The Morgan fingerprint density at radius 3 is 2.22 bits per heavy atom. The number of rotatable bonds is 10. The Kier molecular flexibility index (Phi) is 9.43. The van der Waals surface area contributed by atoms with Crippen LogP contribution < -0.4 is 5.73 Å². The highest BCUT2D eigenvalue weighted by atomic mass is 15.4. The average molecular weight is 253 g/mol. The Morgan fingerprint density at radius 1 is 1.17 bits per heavy atom. The van der Waals surface area contributed by atoms with Crippen LogP contribution in [0.4, 0.5) is 0 Å². The van der Waals surface area contributed by atoms with Crippen LogP contribution in [-0.4, -0.2) is 18.3 Å². The average Bonchev–Trinajstić information content (AvgIpc) is 2.31. The first-order valence-corrected chi connectivity index (χ1v) is 7.16. The summed E-state index contributed by atoms with van der Waals surface area (Å²) in [5.74, 6) is 1.47. The van der Waals surface area contributed by atoms with E-state index in [9.17, 15) is 0 Å². The number of nitrogens with zero attached hydrogens (tertiary/aromatic N) is 2. The molecule has 3 nitrogen and oxygen atoms in total. The summed E-state index contributed by atoms with van der Waals surface area (Å²) in [6.07, 6.45) is 7.47. The number of hydrogen-bond donors (Lipinski definition) is 1. The monoisotopic (exact) mass is 253 g/mol. The molecule has 0 unspecified atom stereocenters. The van der Waals surface area contributed by atoms with Gasteiger partial charge in [-0.1, -0.05) is 40.5 Å². The Hall–Kier alpha value is -0.990. The Bertz CT molecular complexity index is 244. The third kappa shape index (κ3) is 8.15. The number of hydrazone groups is 1. The molecule has 0 aromatic heterocycles. The number of allylic oxidation sites excluding steroid dienone is 1. The van der Waals surface area contributed by atoms with E-state index >= 15 is 0 Å². The lowest BCUT2D eigenvalue weighted by Crippen LogP contribution is -2.19. The van der Waals surface area contributed by atoms with Crippen LogP contribution in [-0.2, 0) is 0 Å². The van der Waals surface area contributed by atoms with Gasteiger partial charge < -0.3 is 5.73 Å². The summed E-state index contributed by atoms with van der Waals surface area (Å²) in [7, 11) is 0. The van der Waals surface area contributed by atoms with Gasteiger partial charge in [0, 0.05) is 19.5 Å². The molecule has 0 rings (SSSR count). The quantitative estimate of drug-likeness (QED) is 0.364. The zero-order valence-corrected chi connectivity index (χ0v) is 12.7. The standard InChI is InChI=1S/C15H31N3/c1-13(2)8-6-7-11-18(17-5)15(12-16)10-9-14(3)4/h12-14H,5-11,16H2,1-4H3/b15-12-. The van der Waals surface area contributed by atoms with Crippen molar-refractivity contribution >= 4 is 6.72 Å². The molecule has 0 aliphatic carbocycles. The third-order valence-corrected chi connectivity index (χ3v) is 3.07. The minimum atomic E-state index is 0.688. The second kappa shape index (κ2) is 9.98. The van der Waals surface area contributed by atoms with Crippen molar-refractivity contribution in [3.63, 3.8) is 0 Å². The lowest BCUT2D eigenvalue weighted by atomic mass is 10.1. The molecule has 0 fully saturated rings. The van der Waals surface area contributed by atoms with Gasteiger partial charge in [-0.25, -0.2) is 0 Å². The molecule has 0 bridgehead atoms. The van der Waals surface area contributed by atoms with Crippen LogP contribution in [0.2, 0.25) is 0 Å². The fourth-order valence-corrected chi connectivity index (χ4v) is 1.85. The van der Waals surface area contributed by atoms with Gasteiger partial charge in [-0.15, -0.1) is 0 Å². The largest absolute Gasteiger partial charge is 0.403 e. The molecule has 3 heteroatoms. The van der Waals surface area contributed by atoms with Gasteiger partial charge in [0.1, 0.15) is 0 Å². The summed E-state index contributed by atoms with van der Waals surface area (Å²) in [4.78, 5) is 0. The predicted octanol–water partition coefficient (Wildman–Crippen LogP) is 3.97. The zero-order valence-electron chi connectivity index (χ0n) is 12.7. The SMILES string of the molecule is C=NN(CCCCC(C)C)/C(=C\N)CCC(C)C. The fourth-order valence-electron chi connectivity index (χ4n) is 1.85. The van der Waals surface area contributed by atoms with E-state index in [-0.39, 0.29) is 0 Å². The topological polar surface area (TPSA) is 41.6 Å². The number of nitrogens with two attached hydrogens (primary N) is 1. The van der Waals surface area contributed by atoms with E-state index in [1.165, 1.54) is 12.8 Å². The van der Waals surface area contributed by atoms with Crippen LogP contribution in [0.1, 0.15) is 59.8 Å². The molecule has 0 aliphatic rings. The predicted molar refractivity (Wildman–Crippen MR) is 81.3 cm³/mol. The molecule has 18 heavy (non-hydrogen) atoms. The molecule has 0 aromatic carbocycles. The van der Waals surface area contributed by atoms with E-state index in [4.69, 9.17) is 5.73 Å². The first-order valence-electron chi connectivity index (χ1n) is 7.16. The highest BCUT2D eigenvalue weighted by Crippen LogP contribution is 2.16. The van der Waals surface area contributed by atoms with Crippen LogP contribution in [0, 0.1) is 11.8 Å². The van der Waals surface area contributed by atoms with Crippen LogP contribution in [0.3, 0.4) is 0 Å². The van der Waals surface area contributed by atoms with E-state index in [1.54, 1.807) is 6.20 Å². The molecule has 0 heterocycles. The number of hydrogen-bond acceptors (Lipinski definition) is 3. The third-order valence-electron chi connectivity index (χ3n) is 3.07. The maximum Gasteiger partial charge on any atom is 0.0522 e. The summed E-state index contributed by atoms with van der Waals surface area (Å²) >= 11 is 0. The summed E-state index contributed by atoms with van der Waals surface area (Å²) in [5, 5.41) is 6.05. The molecule has 106 valence electrons. The highest BCUT2D eigenvalue weighted by molar-refractivity contribution is 5.23. The summed E-state index contributed by atoms with van der Waals surface area (Å²) in [5.41, 5.74) is 6.80. The Morgan fingerprint density at radius 2 is 1.78 bits per heavy atom. The van der Waals surface area contributed by atoms with Gasteiger partial charge in [-0.05, 0) is 31.1 Å². The van der Waals surface area contributed by atoms with Gasteiger partial charge in [0.05, 0.1) is 5.70 Å². The molecule has 0 amide bonds. The molecule has 0 atom stereocenters. The highest BCUT2D eigenvalue weighted by Gasteiger charge is 2.08. The minimum Gasteiger partial charge on any atom is -0.403 e. The van der Waals surface area contributed by atoms with Crippen LogP contribution in [0.15, 0.2) is 17.0 Å². The van der Waals surface area contributed by atoms with Crippen molar-refractivity contribution in [1.29, 1.82) is 0 Å². The van der Waals surface area contributed by atoms with Gasteiger partial charge in [-0.2, -0.15) is 5.10 Å². The van der Waals surface area contributed by atoms with Crippen molar-refractivity contribution in [2.45, 2.75) is 59.8 Å². The van der Waals surface area contributed by atoms with Gasteiger partial charge in [0.25, 0.3) is 0 Å². The van der Waals surface area contributed by atoms with E-state index in [2.05, 4.69) is 39.5 Å². The van der Waals surface area contributed by atoms with Crippen LogP contribution in [0.5, 0.6) is 0 Å². The van der Waals surface area contributed by atoms with Crippen molar-refractivity contribution in [3.05, 3.63) is 11.9 Å². The maximum atomic E-state index is 5.70. The second-order valence-electron chi connectivity index (χ2n) is 5.74. The van der Waals surface area contributed by atoms with Gasteiger partial charge >= 0.3 is 0 Å². The van der Waals surface area contributed by atoms with E-state index in [1.807, 2.05) is 5.01 Å². The minimum absolute atomic E-state index is 0.688. The summed E-state index contributed by atoms with van der Waals surface area (Å²) in [6, 6.07) is 0. The van der Waals surface area contributed by atoms with Crippen molar-refractivity contribution < 1.29 is 0 Å². The van der Waals surface area contributed by atoms with E-state index < -0.39 is 0 Å². The maximum absolute atomic E-state index is 5.70. The van der Waals surface area contributed by atoms with Crippen molar-refractivity contribution in [2.24, 2.45) is 22.7 Å². The molecule has 0 aliphatic heterocycles. The van der Waals surface area contributed by atoms with Crippen LogP contribution >= 0.6 is 0 Å². The molecule has 2 N–H and O–H groups in total. The van der Waals surface area contributed by atoms with Crippen molar-refractivity contribution in [3.8, 4) is 0 Å². The van der Waals surface area contributed by atoms with E-state index in [0.717, 1.165) is 37.4 Å². The van der Waals surface area contributed by atoms with Gasteiger partial charge in [0.2, 0.25) is 0 Å². The fraction of sp³-hybridized carbons (Fsp3) is 0.800. The van der Waals surface area contributed by atoms with Gasteiger partial charge in [-0.3, -0.25) is 5.01 Å².